The van der Waals surface area contributed by atoms with Gasteiger partial charge >= 0.3 is 0 Å². The van der Waals surface area contributed by atoms with E-state index in [1.807, 2.05) is 24.3 Å². The molecule has 0 bridgehead atoms. The summed E-state index contributed by atoms with van der Waals surface area (Å²) in [7, 11) is 0. The highest BCUT2D eigenvalue weighted by Crippen LogP contribution is 2.33. The van der Waals surface area contributed by atoms with Gasteiger partial charge in [-0.3, -0.25) is 15.1 Å². The third-order valence-electron chi connectivity index (χ3n) is 6.04. The normalized spacial score (nSPS) is 12.4. The molecule has 0 saturated heterocycles. The van der Waals surface area contributed by atoms with Crippen molar-refractivity contribution in [3.63, 3.8) is 0 Å². The van der Waals surface area contributed by atoms with Crippen LogP contribution in [0.25, 0.3) is 55.3 Å². The van der Waals surface area contributed by atoms with Crippen molar-refractivity contribution < 1.29 is 5.11 Å². The van der Waals surface area contributed by atoms with Crippen molar-refractivity contribution in [1.82, 2.24) is 35.1 Å². The molecule has 0 aliphatic heterocycles. The van der Waals surface area contributed by atoms with E-state index < -0.39 is 6.23 Å². The summed E-state index contributed by atoms with van der Waals surface area (Å²) < 4.78 is 0. The summed E-state index contributed by atoms with van der Waals surface area (Å²) in [5, 5.41) is 23.9. The number of unbranched alkanes of at least 4 members (excludes halogenated alkanes) is 1. The summed E-state index contributed by atoms with van der Waals surface area (Å²) in [6.45, 7) is 2.10. The molecule has 0 spiro atoms. The molecule has 0 aliphatic rings. The maximum atomic E-state index is 10.2. The van der Waals surface area contributed by atoms with Crippen LogP contribution in [0.5, 0.6) is 0 Å². The van der Waals surface area contributed by atoms with Gasteiger partial charge in [-0.15, -0.1) is 11.3 Å². The second kappa shape index (κ2) is 9.48. The molecule has 0 amide bonds. The van der Waals surface area contributed by atoms with Crippen LogP contribution in [0.4, 0.5) is 5.69 Å². The number of aliphatic hydroxyl groups excluding tert-OH is 1. The first-order valence-corrected chi connectivity index (χ1v) is 12.7. The zero-order valence-corrected chi connectivity index (χ0v) is 20.4. The van der Waals surface area contributed by atoms with Crippen LogP contribution in [0.2, 0.25) is 0 Å². The lowest BCUT2D eigenvalue weighted by Crippen LogP contribution is -2.18. The summed E-state index contributed by atoms with van der Waals surface area (Å²) in [5.41, 5.74) is 6.39. The van der Waals surface area contributed by atoms with Gasteiger partial charge in [0.2, 0.25) is 0 Å². The summed E-state index contributed by atoms with van der Waals surface area (Å²) in [6, 6.07) is 10.0. The number of hydrogen-bond donors (Lipinski definition) is 4. The quantitative estimate of drug-likeness (QED) is 0.202. The van der Waals surface area contributed by atoms with Crippen molar-refractivity contribution in [2.45, 2.75) is 32.4 Å². The smallest absolute Gasteiger partial charge is 0.160 e. The predicted octanol–water partition coefficient (Wildman–Crippen LogP) is 5.61. The third kappa shape index (κ3) is 4.21. The number of rotatable bonds is 8. The molecule has 4 N–H and O–H groups in total. The van der Waals surface area contributed by atoms with Crippen molar-refractivity contribution in [2.24, 2.45) is 0 Å². The van der Waals surface area contributed by atoms with Gasteiger partial charge in [-0.2, -0.15) is 5.10 Å². The SMILES string of the molecule is CCCCC(O)Nc1cncc(-c2cc3c(-c4nc5c(-c6cccs6)ccnc5[nH]4)n[nH]c3cn2)c1. The van der Waals surface area contributed by atoms with Crippen molar-refractivity contribution in [2.75, 3.05) is 5.32 Å². The Morgan fingerprint density at radius 2 is 2.08 bits per heavy atom. The van der Waals surface area contributed by atoms with E-state index in [1.165, 1.54) is 0 Å². The highest BCUT2D eigenvalue weighted by Gasteiger charge is 2.17. The summed E-state index contributed by atoms with van der Waals surface area (Å²) >= 11 is 1.67. The largest absolute Gasteiger partial charge is 0.374 e. The molecular weight excluding hydrogens is 472 g/mol. The van der Waals surface area contributed by atoms with Gasteiger partial charge in [0, 0.05) is 33.8 Å². The maximum absolute atomic E-state index is 10.2. The minimum absolute atomic E-state index is 0.612. The van der Waals surface area contributed by atoms with Gasteiger partial charge in [0.05, 0.1) is 29.3 Å². The monoisotopic (exact) mass is 496 g/mol. The van der Waals surface area contributed by atoms with E-state index >= 15 is 0 Å². The standard InChI is InChI=1S/C26H24N8OS/c1-2-3-6-22(35)30-16-10-15(12-27-13-16)19-11-18-20(14-29-19)33-34-24(18)26-31-23-17(21-5-4-9-36-21)7-8-28-25(23)32-26/h4-5,7-14,22,30,35H,2-3,6H2,1H3,(H,33,34)(H,28,31,32). The van der Waals surface area contributed by atoms with Gasteiger partial charge in [-0.1, -0.05) is 19.4 Å². The number of pyridine rings is 3. The molecule has 6 heterocycles. The molecule has 0 aromatic carbocycles. The van der Waals surface area contributed by atoms with E-state index in [0.717, 1.165) is 56.6 Å². The van der Waals surface area contributed by atoms with Gasteiger partial charge in [0.15, 0.2) is 11.5 Å². The van der Waals surface area contributed by atoms with Crippen molar-refractivity contribution in [3.8, 4) is 33.2 Å². The van der Waals surface area contributed by atoms with Crippen LogP contribution in [0, 0.1) is 0 Å². The Hall–Kier alpha value is -4.15. The number of aromatic nitrogens is 7. The van der Waals surface area contributed by atoms with Crippen LogP contribution in [-0.2, 0) is 0 Å². The summed E-state index contributed by atoms with van der Waals surface area (Å²) in [6.07, 6.45) is 9.07. The Morgan fingerprint density at radius 1 is 1.14 bits per heavy atom. The highest BCUT2D eigenvalue weighted by atomic mass is 32.1. The first kappa shape index (κ1) is 22.3. The van der Waals surface area contributed by atoms with E-state index in [0.29, 0.717) is 23.6 Å². The predicted molar refractivity (Wildman–Crippen MR) is 142 cm³/mol. The van der Waals surface area contributed by atoms with Crippen LogP contribution in [0.15, 0.2) is 60.5 Å². The Labute approximate surface area is 210 Å². The third-order valence-corrected chi connectivity index (χ3v) is 6.94. The number of H-pyrrole nitrogens is 2. The van der Waals surface area contributed by atoms with E-state index in [4.69, 9.17) is 4.98 Å². The second-order valence-electron chi connectivity index (χ2n) is 8.57. The number of imidazole rings is 1. The lowest BCUT2D eigenvalue weighted by atomic mass is 10.1. The Morgan fingerprint density at radius 3 is 2.94 bits per heavy atom. The molecule has 6 rings (SSSR count). The molecule has 10 heteroatoms. The summed E-state index contributed by atoms with van der Waals surface area (Å²) in [5.74, 6) is 0.637. The number of hydrogen-bond acceptors (Lipinski definition) is 8. The van der Waals surface area contributed by atoms with Gasteiger partial charge in [0.25, 0.3) is 0 Å². The van der Waals surface area contributed by atoms with Crippen LogP contribution in [-0.4, -0.2) is 46.5 Å². The molecule has 180 valence electrons. The second-order valence-corrected chi connectivity index (χ2v) is 9.52. The fourth-order valence-electron chi connectivity index (χ4n) is 4.23. The molecule has 1 unspecified atom stereocenters. The van der Waals surface area contributed by atoms with Crippen molar-refractivity contribution >= 4 is 39.1 Å². The van der Waals surface area contributed by atoms with Crippen molar-refractivity contribution in [1.29, 1.82) is 0 Å². The van der Waals surface area contributed by atoms with Crippen LogP contribution in [0.3, 0.4) is 0 Å². The number of thiophene rings is 1. The minimum atomic E-state index is -0.612. The number of fused-ring (bicyclic) bond motifs is 2. The molecule has 6 aromatic rings. The number of nitrogens with one attached hydrogen (secondary N) is 3. The lowest BCUT2D eigenvalue weighted by molar-refractivity contribution is 0.190. The van der Waals surface area contributed by atoms with E-state index in [9.17, 15) is 5.11 Å². The zero-order chi connectivity index (χ0) is 24.5. The van der Waals surface area contributed by atoms with Crippen LogP contribution >= 0.6 is 11.3 Å². The van der Waals surface area contributed by atoms with Gasteiger partial charge in [-0.05, 0) is 42.5 Å². The van der Waals surface area contributed by atoms with Gasteiger partial charge < -0.3 is 15.4 Å². The topological polar surface area (TPSA) is 128 Å². The number of aliphatic hydroxyl groups is 1. The zero-order valence-electron chi connectivity index (χ0n) is 19.6. The van der Waals surface area contributed by atoms with Crippen molar-refractivity contribution in [3.05, 3.63) is 60.5 Å². The first-order valence-electron chi connectivity index (χ1n) is 11.8. The number of aromatic amines is 2. The van der Waals surface area contributed by atoms with E-state index in [1.54, 1.807) is 36.1 Å². The molecule has 0 saturated carbocycles. The Bertz CT molecular complexity index is 1640. The lowest BCUT2D eigenvalue weighted by Gasteiger charge is -2.14. The number of nitrogens with zero attached hydrogens (tertiary/aromatic N) is 5. The first-order chi connectivity index (χ1) is 17.7. The molecule has 0 fully saturated rings. The molecule has 0 radical (unpaired) electrons. The maximum Gasteiger partial charge on any atom is 0.160 e. The van der Waals surface area contributed by atoms with Crippen LogP contribution < -0.4 is 5.32 Å². The summed E-state index contributed by atoms with van der Waals surface area (Å²) in [4.78, 5) is 22.8. The molecule has 0 aliphatic carbocycles. The minimum Gasteiger partial charge on any atom is -0.374 e. The highest BCUT2D eigenvalue weighted by molar-refractivity contribution is 7.13. The Balaban J connectivity index is 1.36. The molecule has 6 aromatic heterocycles. The number of anilines is 1. The van der Waals surface area contributed by atoms with Crippen LogP contribution in [0.1, 0.15) is 26.2 Å². The Kier molecular flexibility index (Phi) is 5.88. The van der Waals surface area contributed by atoms with Gasteiger partial charge in [-0.25, -0.2) is 9.97 Å². The molecule has 9 nitrogen and oxygen atoms in total. The van der Waals surface area contributed by atoms with E-state index in [2.05, 4.69) is 53.8 Å². The molecular formula is C26H24N8OS. The molecule has 36 heavy (non-hydrogen) atoms. The van der Waals surface area contributed by atoms with Gasteiger partial charge in [0.1, 0.15) is 17.4 Å². The molecule has 1 atom stereocenters. The average molecular weight is 497 g/mol. The fourth-order valence-corrected chi connectivity index (χ4v) is 4.98. The van der Waals surface area contributed by atoms with E-state index in [-0.39, 0.29) is 0 Å². The average Bonchev–Trinajstić information content (AvgIpc) is 3.66. The fraction of sp³-hybridized carbons (Fsp3) is 0.192.